The molecule has 23 heavy (non-hydrogen) atoms. The number of rotatable bonds is 6. The van der Waals surface area contributed by atoms with Crippen LogP contribution >= 0.6 is 0 Å². The Balaban J connectivity index is 1.86. The van der Waals surface area contributed by atoms with E-state index in [1.807, 2.05) is 37.3 Å². The lowest BCUT2D eigenvalue weighted by atomic mass is 10.0. The van der Waals surface area contributed by atoms with Crippen LogP contribution < -0.4 is 5.32 Å². The van der Waals surface area contributed by atoms with Crippen LogP contribution in [0, 0.1) is 0 Å². The number of amides is 1. The number of carbonyl (C=O) groups is 1. The van der Waals surface area contributed by atoms with Crippen molar-refractivity contribution in [1.82, 2.24) is 5.32 Å². The minimum Gasteiger partial charge on any atom is -0.355 e. The quantitative estimate of drug-likeness (QED) is 0.885. The van der Waals surface area contributed by atoms with Crippen molar-refractivity contribution >= 4 is 15.7 Å². The van der Waals surface area contributed by atoms with Crippen LogP contribution in [0.3, 0.4) is 0 Å². The van der Waals surface area contributed by atoms with Gasteiger partial charge < -0.3 is 5.32 Å². The Bertz CT molecular complexity index is 753. The first kappa shape index (κ1) is 17.2. The second kappa shape index (κ2) is 7.42. The van der Waals surface area contributed by atoms with Gasteiger partial charge in [0.1, 0.15) is 0 Å². The van der Waals surface area contributed by atoms with Crippen molar-refractivity contribution in [2.24, 2.45) is 0 Å². The van der Waals surface area contributed by atoms with Crippen molar-refractivity contribution in [2.75, 3.05) is 12.8 Å². The molecular weight excluding hydrogens is 310 g/mol. The Hall–Kier alpha value is -2.14. The average molecular weight is 331 g/mol. The van der Waals surface area contributed by atoms with Crippen molar-refractivity contribution < 1.29 is 13.2 Å². The van der Waals surface area contributed by atoms with Gasteiger partial charge in [-0.15, -0.1) is 0 Å². The summed E-state index contributed by atoms with van der Waals surface area (Å²) >= 11 is 0. The van der Waals surface area contributed by atoms with Crippen molar-refractivity contribution in [3.05, 3.63) is 65.7 Å². The van der Waals surface area contributed by atoms with Crippen LogP contribution in [0.1, 0.15) is 24.0 Å². The number of hydrogen-bond donors (Lipinski definition) is 1. The van der Waals surface area contributed by atoms with Gasteiger partial charge in [0, 0.05) is 12.8 Å². The number of sulfone groups is 1. The molecule has 0 saturated heterocycles. The lowest BCUT2D eigenvalue weighted by molar-refractivity contribution is -0.122. The standard InChI is InChI=1S/C18H21NO3S/c1-14(16-6-4-3-5-7-16)18(20)19-13-12-15-8-10-17(11-9-15)23(2,21)22/h3-11,14H,12-13H2,1-2H3,(H,19,20)/t14-/m0/s1. The van der Waals surface area contributed by atoms with Gasteiger partial charge in [0.15, 0.2) is 9.84 Å². The topological polar surface area (TPSA) is 63.2 Å². The van der Waals surface area contributed by atoms with Gasteiger partial charge in [-0.2, -0.15) is 0 Å². The molecule has 0 aliphatic carbocycles. The summed E-state index contributed by atoms with van der Waals surface area (Å²) in [5, 5.41) is 2.92. The third-order valence-electron chi connectivity index (χ3n) is 3.76. The van der Waals surface area contributed by atoms with Gasteiger partial charge in [-0.1, -0.05) is 42.5 Å². The highest BCUT2D eigenvalue weighted by Gasteiger charge is 2.14. The number of carbonyl (C=O) groups excluding carboxylic acids is 1. The molecule has 1 atom stereocenters. The van der Waals surface area contributed by atoms with E-state index in [9.17, 15) is 13.2 Å². The van der Waals surface area contributed by atoms with Gasteiger partial charge in [0.2, 0.25) is 5.91 Å². The molecule has 0 radical (unpaired) electrons. The number of benzene rings is 2. The van der Waals surface area contributed by atoms with Gasteiger partial charge in [-0.25, -0.2) is 8.42 Å². The molecule has 0 spiro atoms. The number of nitrogens with one attached hydrogen (secondary N) is 1. The van der Waals surface area contributed by atoms with E-state index in [4.69, 9.17) is 0 Å². The molecule has 2 aromatic carbocycles. The van der Waals surface area contributed by atoms with Gasteiger partial charge in [-0.3, -0.25) is 4.79 Å². The normalized spacial score (nSPS) is 12.6. The van der Waals surface area contributed by atoms with Crippen LogP contribution in [-0.4, -0.2) is 27.1 Å². The number of hydrogen-bond acceptors (Lipinski definition) is 3. The molecule has 0 aliphatic heterocycles. The molecule has 1 N–H and O–H groups in total. The molecular formula is C18H21NO3S. The second-order valence-electron chi connectivity index (χ2n) is 5.59. The Morgan fingerprint density at radius 1 is 1.04 bits per heavy atom. The summed E-state index contributed by atoms with van der Waals surface area (Å²) in [6.07, 6.45) is 1.85. The maximum atomic E-state index is 12.1. The van der Waals surface area contributed by atoms with Crippen LogP contribution in [0.25, 0.3) is 0 Å². The van der Waals surface area contributed by atoms with Crippen LogP contribution in [-0.2, 0) is 21.1 Å². The zero-order valence-corrected chi connectivity index (χ0v) is 14.1. The predicted octanol–water partition coefficient (Wildman–Crippen LogP) is 2.55. The molecule has 0 aliphatic rings. The van der Waals surface area contributed by atoms with E-state index in [0.29, 0.717) is 17.9 Å². The smallest absolute Gasteiger partial charge is 0.227 e. The van der Waals surface area contributed by atoms with Crippen molar-refractivity contribution in [3.63, 3.8) is 0 Å². The SMILES string of the molecule is C[C@H](C(=O)NCCc1ccc(S(C)(=O)=O)cc1)c1ccccc1. The maximum Gasteiger partial charge on any atom is 0.227 e. The van der Waals surface area contributed by atoms with Crippen molar-refractivity contribution in [1.29, 1.82) is 0 Å². The summed E-state index contributed by atoms with van der Waals surface area (Å²) in [5.41, 5.74) is 1.98. The summed E-state index contributed by atoms with van der Waals surface area (Å²) < 4.78 is 22.8. The summed E-state index contributed by atoms with van der Waals surface area (Å²) in [4.78, 5) is 12.4. The van der Waals surface area contributed by atoms with Crippen LogP contribution in [0.5, 0.6) is 0 Å². The Morgan fingerprint density at radius 2 is 1.65 bits per heavy atom. The van der Waals surface area contributed by atoms with E-state index in [1.165, 1.54) is 6.26 Å². The molecule has 0 bridgehead atoms. The molecule has 4 nitrogen and oxygen atoms in total. The Morgan fingerprint density at radius 3 is 2.22 bits per heavy atom. The molecule has 2 rings (SSSR count). The Kier molecular flexibility index (Phi) is 5.55. The summed E-state index contributed by atoms with van der Waals surface area (Å²) in [7, 11) is -3.17. The minimum absolute atomic E-state index is 0.0102. The van der Waals surface area contributed by atoms with E-state index >= 15 is 0 Å². The fourth-order valence-electron chi connectivity index (χ4n) is 2.28. The molecule has 5 heteroatoms. The molecule has 122 valence electrons. The van der Waals surface area contributed by atoms with E-state index in [1.54, 1.807) is 24.3 Å². The molecule has 2 aromatic rings. The molecule has 0 fully saturated rings. The van der Waals surface area contributed by atoms with Crippen LogP contribution in [0.2, 0.25) is 0 Å². The lowest BCUT2D eigenvalue weighted by Gasteiger charge is -2.12. The third kappa shape index (κ3) is 4.93. The molecule has 1 amide bonds. The fraction of sp³-hybridized carbons (Fsp3) is 0.278. The van der Waals surface area contributed by atoms with Gasteiger partial charge in [-0.05, 0) is 36.6 Å². The molecule has 0 heterocycles. The van der Waals surface area contributed by atoms with Gasteiger partial charge in [0.05, 0.1) is 10.8 Å². The first-order valence-corrected chi connectivity index (χ1v) is 9.39. The summed E-state index contributed by atoms with van der Waals surface area (Å²) in [6, 6.07) is 16.4. The van der Waals surface area contributed by atoms with Gasteiger partial charge in [0.25, 0.3) is 0 Å². The monoisotopic (exact) mass is 331 g/mol. The van der Waals surface area contributed by atoms with E-state index in [0.717, 1.165) is 11.1 Å². The van der Waals surface area contributed by atoms with Crippen molar-refractivity contribution in [3.8, 4) is 0 Å². The van der Waals surface area contributed by atoms with E-state index in [-0.39, 0.29) is 11.8 Å². The van der Waals surface area contributed by atoms with E-state index < -0.39 is 9.84 Å². The second-order valence-corrected chi connectivity index (χ2v) is 7.61. The zero-order chi connectivity index (χ0) is 16.9. The first-order valence-electron chi connectivity index (χ1n) is 7.49. The fourth-order valence-corrected chi connectivity index (χ4v) is 2.91. The van der Waals surface area contributed by atoms with Crippen LogP contribution in [0.15, 0.2) is 59.5 Å². The molecule has 0 aromatic heterocycles. The van der Waals surface area contributed by atoms with Gasteiger partial charge >= 0.3 is 0 Å². The highest BCUT2D eigenvalue weighted by Crippen LogP contribution is 2.14. The first-order chi connectivity index (χ1) is 10.9. The predicted molar refractivity (Wildman–Crippen MR) is 91.1 cm³/mol. The third-order valence-corrected chi connectivity index (χ3v) is 4.89. The highest BCUT2D eigenvalue weighted by atomic mass is 32.2. The lowest BCUT2D eigenvalue weighted by Crippen LogP contribution is -2.29. The zero-order valence-electron chi connectivity index (χ0n) is 13.3. The highest BCUT2D eigenvalue weighted by molar-refractivity contribution is 7.90. The largest absolute Gasteiger partial charge is 0.355 e. The van der Waals surface area contributed by atoms with Crippen molar-refractivity contribution in [2.45, 2.75) is 24.2 Å². The Labute approximate surface area is 137 Å². The average Bonchev–Trinajstić information content (AvgIpc) is 2.54. The maximum absolute atomic E-state index is 12.1. The molecule has 0 unspecified atom stereocenters. The molecule has 0 saturated carbocycles. The van der Waals surface area contributed by atoms with Crippen LogP contribution in [0.4, 0.5) is 0 Å². The summed E-state index contributed by atoms with van der Waals surface area (Å²) in [5.74, 6) is -0.201. The van der Waals surface area contributed by atoms with E-state index in [2.05, 4.69) is 5.32 Å². The minimum atomic E-state index is -3.17. The summed E-state index contributed by atoms with van der Waals surface area (Å²) in [6.45, 7) is 2.40.